The van der Waals surface area contributed by atoms with E-state index in [1.54, 1.807) is 18.2 Å². The Balaban J connectivity index is 2.05. The number of aryl methyl sites for hydroxylation is 1. The maximum atomic E-state index is 12.2. The molecule has 0 saturated carbocycles. The molecule has 0 spiro atoms. The number of non-ortho nitro benzene ring substituents is 1. The van der Waals surface area contributed by atoms with Crippen molar-refractivity contribution >= 4 is 21.4 Å². The van der Waals surface area contributed by atoms with Crippen LogP contribution in [0.1, 0.15) is 30.9 Å². The van der Waals surface area contributed by atoms with Crippen molar-refractivity contribution in [3.63, 3.8) is 0 Å². The van der Waals surface area contributed by atoms with E-state index in [0.29, 0.717) is 11.3 Å². The van der Waals surface area contributed by atoms with Crippen molar-refractivity contribution in [1.82, 2.24) is 0 Å². The number of nitro groups is 1. The molecule has 7 heteroatoms. The van der Waals surface area contributed by atoms with Crippen LogP contribution in [0.5, 0.6) is 0 Å². The normalized spacial score (nSPS) is 11.2. The Morgan fingerprint density at radius 1 is 1.08 bits per heavy atom. The lowest BCUT2D eigenvalue weighted by atomic mass is 10.1. The lowest BCUT2D eigenvalue weighted by molar-refractivity contribution is -0.384. The molecule has 24 heavy (non-hydrogen) atoms. The van der Waals surface area contributed by atoms with Crippen LogP contribution in [0.3, 0.4) is 0 Å². The standard InChI is InChI=1S/C17H20N2O4S/c1-2-3-5-14-8-10-16(11-9-14)18-24(22,23)13-15-6-4-7-17(12-15)19(20)21/h4,6-12,18H,2-3,5,13H2,1H3. The fraction of sp³-hybridized carbons (Fsp3) is 0.294. The Morgan fingerprint density at radius 2 is 1.79 bits per heavy atom. The van der Waals surface area contributed by atoms with Crippen molar-refractivity contribution in [2.45, 2.75) is 31.9 Å². The van der Waals surface area contributed by atoms with Crippen molar-refractivity contribution in [2.75, 3.05) is 4.72 Å². The van der Waals surface area contributed by atoms with Crippen LogP contribution < -0.4 is 4.72 Å². The van der Waals surface area contributed by atoms with Gasteiger partial charge in [0.25, 0.3) is 5.69 Å². The lowest BCUT2D eigenvalue weighted by Gasteiger charge is -2.09. The van der Waals surface area contributed by atoms with Crippen LogP contribution >= 0.6 is 0 Å². The molecule has 0 aliphatic heterocycles. The number of unbranched alkanes of at least 4 members (excludes halogenated alkanes) is 1. The summed E-state index contributed by atoms with van der Waals surface area (Å²) in [6, 6.07) is 12.9. The van der Waals surface area contributed by atoms with Gasteiger partial charge in [-0.25, -0.2) is 8.42 Å². The highest BCUT2D eigenvalue weighted by atomic mass is 32.2. The van der Waals surface area contributed by atoms with E-state index < -0.39 is 14.9 Å². The molecule has 2 aromatic rings. The van der Waals surface area contributed by atoms with Gasteiger partial charge >= 0.3 is 0 Å². The van der Waals surface area contributed by atoms with Crippen LogP contribution in [-0.4, -0.2) is 13.3 Å². The highest BCUT2D eigenvalue weighted by molar-refractivity contribution is 7.91. The number of nitrogens with zero attached hydrogens (tertiary/aromatic N) is 1. The average Bonchev–Trinajstić information content (AvgIpc) is 2.53. The van der Waals surface area contributed by atoms with Crippen molar-refractivity contribution in [3.05, 3.63) is 69.8 Å². The smallest absolute Gasteiger partial charge is 0.269 e. The first-order chi connectivity index (χ1) is 11.4. The number of nitro benzene ring substituents is 1. The second kappa shape index (κ2) is 7.92. The summed E-state index contributed by atoms with van der Waals surface area (Å²) in [6.45, 7) is 2.12. The summed E-state index contributed by atoms with van der Waals surface area (Å²) in [6.07, 6.45) is 3.17. The van der Waals surface area contributed by atoms with E-state index in [0.717, 1.165) is 19.3 Å². The minimum absolute atomic E-state index is 0.122. The fourth-order valence-electron chi connectivity index (χ4n) is 2.32. The van der Waals surface area contributed by atoms with E-state index in [-0.39, 0.29) is 11.4 Å². The summed E-state index contributed by atoms with van der Waals surface area (Å²) < 4.78 is 27.0. The predicted octanol–water partition coefficient (Wildman–Crippen LogP) is 3.88. The Labute approximate surface area is 141 Å². The Morgan fingerprint density at radius 3 is 2.42 bits per heavy atom. The average molecular weight is 348 g/mol. The van der Waals surface area contributed by atoms with Crippen LogP contribution in [0.2, 0.25) is 0 Å². The molecule has 2 rings (SSSR count). The third-order valence-corrected chi connectivity index (χ3v) is 4.78. The van der Waals surface area contributed by atoms with Gasteiger partial charge in [0.05, 0.1) is 10.7 Å². The van der Waals surface area contributed by atoms with E-state index in [4.69, 9.17) is 0 Å². The lowest BCUT2D eigenvalue weighted by Crippen LogP contribution is -2.15. The van der Waals surface area contributed by atoms with Crippen LogP contribution in [0.25, 0.3) is 0 Å². The topological polar surface area (TPSA) is 89.3 Å². The zero-order valence-electron chi connectivity index (χ0n) is 13.4. The summed E-state index contributed by atoms with van der Waals surface area (Å²) in [7, 11) is -3.63. The molecule has 6 nitrogen and oxygen atoms in total. The molecule has 0 aliphatic rings. The van der Waals surface area contributed by atoms with E-state index in [1.165, 1.54) is 23.8 Å². The molecule has 0 amide bonds. The van der Waals surface area contributed by atoms with Gasteiger partial charge in [-0.1, -0.05) is 37.6 Å². The monoisotopic (exact) mass is 348 g/mol. The molecule has 0 atom stereocenters. The van der Waals surface area contributed by atoms with Crippen molar-refractivity contribution in [3.8, 4) is 0 Å². The maximum Gasteiger partial charge on any atom is 0.269 e. The van der Waals surface area contributed by atoms with Gasteiger partial charge in [0.15, 0.2) is 0 Å². The molecular weight excluding hydrogens is 328 g/mol. The minimum atomic E-state index is -3.63. The van der Waals surface area contributed by atoms with Gasteiger partial charge in [0, 0.05) is 17.8 Å². The third kappa shape index (κ3) is 5.34. The van der Waals surface area contributed by atoms with Crippen LogP contribution in [0, 0.1) is 10.1 Å². The molecule has 0 saturated heterocycles. The number of sulfonamides is 1. The molecule has 0 unspecified atom stereocenters. The zero-order valence-corrected chi connectivity index (χ0v) is 14.3. The molecule has 0 heterocycles. The Bertz CT molecular complexity index is 802. The number of benzene rings is 2. The van der Waals surface area contributed by atoms with Gasteiger partial charge < -0.3 is 0 Å². The number of nitrogens with one attached hydrogen (secondary N) is 1. The highest BCUT2D eigenvalue weighted by Gasteiger charge is 2.14. The highest BCUT2D eigenvalue weighted by Crippen LogP contribution is 2.18. The largest absolute Gasteiger partial charge is 0.283 e. The molecule has 0 fully saturated rings. The number of rotatable bonds is 8. The minimum Gasteiger partial charge on any atom is -0.283 e. The second-order valence-electron chi connectivity index (χ2n) is 5.59. The number of hydrogen-bond acceptors (Lipinski definition) is 4. The molecule has 128 valence electrons. The Kier molecular flexibility index (Phi) is 5.92. The van der Waals surface area contributed by atoms with Crippen LogP contribution in [0.15, 0.2) is 48.5 Å². The van der Waals surface area contributed by atoms with Crippen LogP contribution in [0.4, 0.5) is 11.4 Å². The maximum absolute atomic E-state index is 12.2. The van der Waals surface area contributed by atoms with Gasteiger partial charge in [0.1, 0.15) is 0 Å². The molecule has 0 aliphatic carbocycles. The third-order valence-electron chi connectivity index (χ3n) is 3.52. The summed E-state index contributed by atoms with van der Waals surface area (Å²) in [4.78, 5) is 10.2. The number of hydrogen-bond donors (Lipinski definition) is 1. The van der Waals surface area contributed by atoms with E-state index in [2.05, 4.69) is 11.6 Å². The van der Waals surface area contributed by atoms with Gasteiger partial charge in [-0.2, -0.15) is 0 Å². The second-order valence-corrected chi connectivity index (χ2v) is 7.31. The van der Waals surface area contributed by atoms with Crippen LogP contribution in [-0.2, 0) is 22.2 Å². The quantitative estimate of drug-likeness (QED) is 0.579. The molecule has 0 radical (unpaired) electrons. The van der Waals surface area contributed by atoms with Crippen molar-refractivity contribution in [2.24, 2.45) is 0 Å². The fourth-order valence-corrected chi connectivity index (χ4v) is 3.50. The molecule has 2 aromatic carbocycles. The van der Waals surface area contributed by atoms with E-state index in [9.17, 15) is 18.5 Å². The van der Waals surface area contributed by atoms with Crippen molar-refractivity contribution in [1.29, 1.82) is 0 Å². The molecule has 1 N–H and O–H groups in total. The molecule has 0 aromatic heterocycles. The van der Waals surface area contributed by atoms with E-state index in [1.807, 2.05) is 12.1 Å². The van der Waals surface area contributed by atoms with E-state index >= 15 is 0 Å². The molecule has 0 bridgehead atoms. The van der Waals surface area contributed by atoms with Gasteiger partial charge in [-0.15, -0.1) is 0 Å². The summed E-state index contributed by atoms with van der Waals surface area (Å²) in [5.74, 6) is -0.313. The Hall–Kier alpha value is -2.41. The zero-order chi connectivity index (χ0) is 17.6. The summed E-state index contributed by atoms with van der Waals surface area (Å²) in [5.41, 5.74) is 1.90. The SMILES string of the molecule is CCCCc1ccc(NS(=O)(=O)Cc2cccc([N+](=O)[O-])c2)cc1. The first kappa shape index (κ1) is 17.9. The first-order valence-corrected chi connectivity index (χ1v) is 9.37. The summed E-state index contributed by atoms with van der Waals surface area (Å²) >= 11 is 0. The number of anilines is 1. The van der Waals surface area contributed by atoms with Gasteiger partial charge in [-0.05, 0) is 36.1 Å². The predicted molar refractivity (Wildman–Crippen MR) is 94.4 cm³/mol. The van der Waals surface area contributed by atoms with Crippen molar-refractivity contribution < 1.29 is 13.3 Å². The molecular formula is C17H20N2O4S. The van der Waals surface area contributed by atoms with Gasteiger partial charge in [0.2, 0.25) is 10.0 Å². The first-order valence-electron chi connectivity index (χ1n) is 7.72. The summed E-state index contributed by atoms with van der Waals surface area (Å²) in [5, 5.41) is 10.8. The van der Waals surface area contributed by atoms with Gasteiger partial charge in [-0.3, -0.25) is 14.8 Å².